The van der Waals surface area contributed by atoms with E-state index in [1.807, 2.05) is 12.1 Å². The molecule has 8 heteroatoms. The Kier molecular flexibility index (Phi) is 4.76. The number of hydrogen-bond acceptors (Lipinski definition) is 4. The molecule has 2 aromatic rings. The molecule has 0 aliphatic carbocycles. The van der Waals surface area contributed by atoms with E-state index in [0.717, 1.165) is 18.0 Å². The number of nitrogens with zero attached hydrogens (tertiary/aromatic N) is 2. The molecule has 0 bridgehead atoms. The van der Waals surface area contributed by atoms with Crippen LogP contribution in [0.3, 0.4) is 0 Å². The molecule has 21 heavy (non-hydrogen) atoms. The summed E-state index contributed by atoms with van der Waals surface area (Å²) in [5, 5.41) is -0.158. The molecule has 0 saturated carbocycles. The molecule has 0 aliphatic rings. The minimum atomic E-state index is -3.70. The summed E-state index contributed by atoms with van der Waals surface area (Å²) in [7, 11) is -2.23. The third kappa shape index (κ3) is 3.69. The number of rotatable bonds is 5. The first kappa shape index (κ1) is 15.7. The minimum Gasteiger partial charge on any atom is -0.326 e. The van der Waals surface area contributed by atoms with Gasteiger partial charge in [-0.2, -0.15) is 0 Å². The van der Waals surface area contributed by atoms with Crippen molar-refractivity contribution in [2.24, 2.45) is 0 Å². The van der Waals surface area contributed by atoms with Gasteiger partial charge in [-0.1, -0.05) is 17.7 Å². The Balaban J connectivity index is 2.15. The van der Waals surface area contributed by atoms with Crippen LogP contribution in [0.2, 0.25) is 5.02 Å². The van der Waals surface area contributed by atoms with Gasteiger partial charge in [0.2, 0.25) is 10.0 Å². The summed E-state index contributed by atoms with van der Waals surface area (Å²) in [6.07, 6.45) is 3.29. The highest BCUT2D eigenvalue weighted by atomic mass is 35.5. The number of pyridine rings is 2. The smallest absolute Gasteiger partial charge is 0.266 e. The maximum atomic E-state index is 12.3. The van der Waals surface area contributed by atoms with Gasteiger partial charge in [-0.15, -0.1) is 0 Å². The van der Waals surface area contributed by atoms with Crippen molar-refractivity contribution < 1.29 is 8.42 Å². The maximum absolute atomic E-state index is 12.3. The molecule has 0 amide bonds. The highest BCUT2D eigenvalue weighted by Gasteiger charge is 2.21. The number of H-pyrrole nitrogens is 1. The number of hydrogen-bond donors (Lipinski definition) is 1. The van der Waals surface area contributed by atoms with Gasteiger partial charge in [0.1, 0.15) is 5.02 Å². The SMILES string of the molecule is CN(CCc1ccccn1)S(=O)(=O)c1c[nH]c(=O)c(Cl)c1. The molecule has 0 fully saturated rings. The zero-order valence-corrected chi connectivity index (χ0v) is 12.9. The van der Waals surface area contributed by atoms with Crippen LogP contribution in [-0.2, 0) is 16.4 Å². The first-order valence-corrected chi connectivity index (χ1v) is 7.97. The monoisotopic (exact) mass is 327 g/mol. The second-order valence-corrected chi connectivity index (χ2v) is 6.86. The highest BCUT2D eigenvalue weighted by Crippen LogP contribution is 2.15. The van der Waals surface area contributed by atoms with E-state index in [1.165, 1.54) is 11.4 Å². The Morgan fingerprint density at radius 2 is 2.14 bits per heavy atom. The van der Waals surface area contributed by atoms with Crippen molar-refractivity contribution in [1.82, 2.24) is 14.3 Å². The summed E-state index contributed by atoms with van der Waals surface area (Å²) >= 11 is 5.66. The molecule has 1 N–H and O–H groups in total. The van der Waals surface area contributed by atoms with Crippen LogP contribution in [0.5, 0.6) is 0 Å². The third-order valence-corrected chi connectivity index (χ3v) is 5.06. The number of aromatic amines is 1. The molecular formula is C13H14ClN3O3S. The van der Waals surface area contributed by atoms with E-state index >= 15 is 0 Å². The molecule has 112 valence electrons. The van der Waals surface area contributed by atoms with Gasteiger partial charge in [0.25, 0.3) is 5.56 Å². The quantitative estimate of drug-likeness (QED) is 0.897. The van der Waals surface area contributed by atoms with Gasteiger partial charge in [0, 0.05) is 38.1 Å². The Bertz CT molecular complexity index is 775. The summed E-state index contributed by atoms with van der Waals surface area (Å²) in [6, 6.07) is 6.62. The van der Waals surface area contributed by atoms with E-state index in [2.05, 4.69) is 9.97 Å². The molecule has 0 aliphatic heterocycles. The predicted octanol–water partition coefficient (Wildman–Crippen LogP) is 1.29. The number of sulfonamides is 1. The number of halogens is 1. The summed E-state index contributed by atoms with van der Waals surface area (Å²) in [5.74, 6) is 0. The number of likely N-dealkylation sites (N-methyl/N-ethyl adjacent to an activating group) is 1. The van der Waals surface area contributed by atoms with E-state index < -0.39 is 15.6 Å². The highest BCUT2D eigenvalue weighted by molar-refractivity contribution is 7.89. The van der Waals surface area contributed by atoms with Crippen LogP contribution in [-0.4, -0.2) is 36.3 Å². The van der Waals surface area contributed by atoms with E-state index in [9.17, 15) is 13.2 Å². The topological polar surface area (TPSA) is 83.1 Å². The van der Waals surface area contributed by atoms with E-state index in [0.29, 0.717) is 6.42 Å². The largest absolute Gasteiger partial charge is 0.326 e. The summed E-state index contributed by atoms with van der Waals surface area (Å²) in [4.78, 5) is 17.6. The van der Waals surface area contributed by atoms with Crippen molar-refractivity contribution in [3.63, 3.8) is 0 Å². The van der Waals surface area contributed by atoms with Crippen LogP contribution >= 0.6 is 11.6 Å². The lowest BCUT2D eigenvalue weighted by Gasteiger charge is -2.16. The van der Waals surface area contributed by atoms with Gasteiger partial charge in [-0.05, 0) is 18.2 Å². The fraction of sp³-hybridized carbons (Fsp3) is 0.231. The lowest BCUT2D eigenvalue weighted by atomic mass is 10.3. The molecule has 2 rings (SSSR count). The first-order valence-electron chi connectivity index (χ1n) is 6.16. The second kappa shape index (κ2) is 6.38. The van der Waals surface area contributed by atoms with Crippen molar-refractivity contribution in [1.29, 1.82) is 0 Å². The Labute approximate surface area is 127 Å². The zero-order valence-electron chi connectivity index (χ0n) is 11.3. The third-order valence-electron chi connectivity index (χ3n) is 2.95. The Hall–Kier alpha value is -1.70. The van der Waals surface area contributed by atoms with Crippen molar-refractivity contribution in [2.75, 3.05) is 13.6 Å². The van der Waals surface area contributed by atoms with Crippen molar-refractivity contribution >= 4 is 21.6 Å². The molecule has 0 spiro atoms. The van der Waals surface area contributed by atoms with Gasteiger partial charge in [-0.3, -0.25) is 9.78 Å². The molecule has 2 aromatic heterocycles. The van der Waals surface area contributed by atoms with Crippen LogP contribution in [0, 0.1) is 0 Å². The second-order valence-electron chi connectivity index (χ2n) is 4.41. The van der Waals surface area contributed by atoms with Gasteiger partial charge in [0.05, 0.1) is 4.90 Å². The normalized spacial score (nSPS) is 11.8. The molecule has 0 unspecified atom stereocenters. The lowest BCUT2D eigenvalue weighted by molar-refractivity contribution is 0.470. The lowest BCUT2D eigenvalue weighted by Crippen LogP contribution is -2.29. The predicted molar refractivity (Wildman–Crippen MR) is 79.8 cm³/mol. The van der Waals surface area contributed by atoms with Gasteiger partial charge >= 0.3 is 0 Å². The van der Waals surface area contributed by atoms with E-state index in [4.69, 9.17) is 11.6 Å². The van der Waals surface area contributed by atoms with E-state index in [-0.39, 0.29) is 16.5 Å². The summed E-state index contributed by atoms with van der Waals surface area (Å²) < 4.78 is 25.9. The number of aromatic nitrogens is 2. The molecule has 6 nitrogen and oxygen atoms in total. The first-order chi connectivity index (χ1) is 9.91. The van der Waals surface area contributed by atoms with Crippen molar-refractivity contribution in [3.8, 4) is 0 Å². The maximum Gasteiger partial charge on any atom is 0.266 e. The zero-order chi connectivity index (χ0) is 15.5. The molecule has 2 heterocycles. The number of nitrogens with one attached hydrogen (secondary N) is 1. The van der Waals surface area contributed by atoms with Crippen LogP contribution in [0.25, 0.3) is 0 Å². The van der Waals surface area contributed by atoms with Crippen LogP contribution in [0.1, 0.15) is 5.69 Å². The summed E-state index contributed by atoms with van der Waals surface area (Å²) in [6.45, 7) is 0.274. The van der Waals surface area contributed by atoms with Crippen molar-refractivity contribution in [3.05, 3.63) is 57.7 Å². The molecule has 0 atom stereocenters. The van der Waals surface area contributed by atoms with E-state index in [1.54, 1.807) is 12.3 Å². The molecule has 0 aromatic carbocycles. The van der Waals surface area contributed by atoms with Crippen LogP contribution < -0.4 is 5.56 Å². The fourth-order valence-corrected chi connectivity index (χ4v) is 3.11. The summed E-state index contributed by atoms with van der Waals surface area (Å²) in [5.41, 5.74) is 0.283. The molecule has 0 radical (unpaired) electrons. The van der Waals surface area contributed by atoms with Gasteiger partial charge in [0.15, 0.2) is 0 Å². The Morgan fingerprint density at radius 3 is 2.76 bits per heavy atom. The Morgan fingerprint density at radius 1 is 1.38 bits per heavy atom. The van der Waals surface area contributed by atoms with Crippen molar-refractivity contribution in [2.45, 2.75) is 11.3 Å². The van der Waals surface area contributed by atoms with Crippen LogP contribution in [0.4, 0.5) is 0 Å². The van der Waals surface area contributed by atoms with Gasteiger partial charge in [-0.25, -0.2) is 12.7 Å². The average molecular weight is 328 g/mol. The fourth-order valence-electron chi connectivity index (χ4n) is 1.70. The molecule has 0 saturated heterocycles. The van der Waals surface area contributed by atoms with Gasteiger partial charge < -0.3 is 4.98 Å². The standard InChI is InChI=1S/C13H14ClN3O3S/c1-17(7-5-10-4-2-3-6-15-10)21(19,20)11-8-12(14)13(18)16-9-11/h2-4,6,8-9H,5,7H2,1H3,(H,16,18). The van der Waals surface area contributed by atoms with Crippen LogP contribution in [0.15, 0.2) is 46.3 Å². The molecular weight excluding hydrogens is 314 g/mol. The average Bonchev–Trinajstić information content (AvgIpc) is 2.48. The minimum absolute atomic E-state index is 0.0457.